The first kappa shape index (κ1) is 16.6. The minimum absolute atomic E-state index is 0.103. The van der Waals surface area contributed by atoms with Crippen molar-refractivity contribution in [1.29, 1.82) is 0 Å². The quantitative estimate of drug-likeness (QED) is 0.733. The molecule has 0 aliphatic carbocycles. The zero-order valence-corrected chi connectivity index (χ0v) is 13.9. The topological polar surface area (TPSA) is 94.3 Å². The number of nitrogens with zero attached hydrogens (tertiary/aromatic N) is 3. The van der Waals surface area contributed by atoms with Gasteiger partial charge in [0.15, 0.2) is 17.0 Å². The van der Waals surface area contributed by atoms with Gasteiger partial charge in [-0.3, -0.25) is 9.36 Å². The first-order chi connectivity index (χ1) is 12.1. The molecule has 3 aromatic rings. The zero-order chi connectivity index (χ0) is 18.0. The van der Waals surface area contributed by atoms with Gasteiger partial charge in [-0.15, -0.1) is 0 Å². The number of ether oxygens (including phenoxy) is 1. The van der Waals surface area contributed by atoms with E-state index in [-0.39, 0.29) is 24.2 Å². The Hall–Kier alpha value is -3.22. The van der Waals surface area contributed by atoms with Gasteiger partial charge in [0.05, 0.1) is 12.0 Å². The van der Waals surface area contributed by atoms with Gasteiger partial charge in [-0.25, -0.2) is 14.8 Å². The molecule has 0 atom stereocenters. The molecule has 128 valence electrons. The van der Waals surface area contributed by atoms with Crippen molar-refractivity contribution in [3.63, 3.8) is 0 Å². The fourth-order valence-corrected chi connectivity index (χ4v) is 2.62. The third-order valence-corrected chi connectivity index (χ3v) is 3.80. The molecule has 0 radical (unpaired) electrons. The van der Waals surface area contributed by atoms with Crippen LogP contribution in [-0.4, -0.2) is 32.2 Å². The molecular weight excluding hydrogens is 322 g/mol. The van der Waals surface area contributed by atoms with E-state index >= 15 is 0 Å². The molecule has 2 aromatic heterocycles. The SMILES string of the molecule is CCOC(=O)c1c(O)c2cnc(-c3ccccc3)nc2n(CC)c1=O. The maximum absolute atomic E-state index is 12.6. The third kappa shape index (κ3) is 2.84. The first-order valence-corrected chi connectivity index (χ1v) is 7.93. The van der Waals surface area contributed by atoms with E-state index in [4.69, 9.17) is 4.74 Å². The fraction of sp³-hybridized carbons (Fsp3) is 0.222. The van der Waals surface area contributed by atoms with Gasteiger partial charge in [0.25, 0.3) is 5.56 Å². The molecule has 0 bridgehead atoms. The number of hydrogen-bond donors (Lipinski definition) is 1. The van der Waals surface area contributed by atoms with Gasteiger partial charge in [0.1, 0.15) is 5.75 Å². The van der Waals surface area contributed by atoms with Gasteiger partial charge in [0.2, 0.25) is 0 Å². The number of hydrogen-bond acceptors (Lipinski definition) is 6. The van der Waals surface area contributed by atoms with Gasteiger partial charge in [-0.1, -0.05) is 30.3 Å². The lowest BCUT2D eigenvalue weighted by Gasteiger charge is -2.13. The van der Waals surface area contributed by atoms with Crippen LogP contribution in [0.3, 0.4) is 0 Å². The third-order valence-electron chi connectivity index (χ3n) is 3.80. The molecule has 0 amide bonds. The number of benzene rings is 1. The van der Waals surface area contributed by atoms with Crippen molar-refractivity contribution in [1.82, 2.24) is 14.5 Å². The molecule has 0 saturated carbocycles. The summed E-state index contributed by atoms with van der Waals surface area (Å²) in [4.78, 5) is 33.4. The summed E-state index contributed by atoms with van der Waals surface area (Å²) in [6.45, 7) is 3.78. The van der Waals surface area contributed by atoms with Crippen molar-refractivity contribution in [3.8, 4) is 17.1 Å². The van der Waals surface area contributed by atoms with Crippen molar-refractivity contribution in [2.45, 2.75) is 20.4 Å². The molecule has 7 heteroatoms. The van der Waals surface area contributed by atoms with E-state index in [1.54, 1.807) is 13.8 Å². The van der Waals surface area contributed by atoms with Gasteiger partial charge in [-0.2, -0.15) is 0 Å². The average molecular weight is 339 g/mol. The highest BCUT2D eigenvalue weighted by Gasteiger charge is 2.24. The summed E-state index contributed by atoms with van der Waals surface area (Å²) >= 11 is 0. The van der Waals surface area contributed by atoms with Gasteiger partial charge >= 0.3 is 5.97 Å². The molecule has 1 aromatic carbocycles. The monoisotopic (exact) mass is 339 g/mol. The molecule has 0 fully saturated rings. The number of rotatable bonds is 4. The van der Waals surface area contributed by atoms with E-state index in [1.807, 2.05) is 30.3 Å². The highest BCUT2D eigenvalue weighted by molar-refractivity contribution is 5.98. The van der Waals surface area contributed by atoms with E-state index in [2.05, 4.69) is 9.97 Å². The van der Waals surface area contributed by atoms with Crippen LogP contribution in [0.4, 0.5) is 0 Å². The summed E-state index contributed by atoms with van der Waals surface area (Å²) in [5.74, 6) is -0.887. The number of aryl methyl sites for hydroxylation is 1. The summed E-state index contributed by atoms with van der Waals surface area (Å²) in [6.07, 6.45) is 1.41. The molecule has 0 spiro atoms. The number of pyridine rings is 1. The highest BCUT2D eigenvalue weighted by atomic mass is 16.5. The normalized spacial score (nSPS) is 10.8. The zero-order valence-electron chi connectivity index (χ0n) is 13.9. The van der Waals surface area contributed by atoms with Crippen molar-refractivity contribution in [3.05, 3.63) is 52.4 Å². The molecular formula is C18H17N3O4. The predicted octanol–water partition coefficient (Wildman–Crippen LogP) is 2.36. The number of fused-ring (bicyclic) bond motifs is 1. The molecule has 1 N–H and O–H groups in total. The number of aromatic nitrogens is 3. The summed E-state index contributed by atoms with van der Waals surface area (Å²) in [7, 11) is 0. The Bertz CT molecular complexity index is 997. The molecule has 2 heterocycles. The number of esters is 1. The maximum Gasteiger partial charge on any atom is 0.347 e. The van der Waals surface area contributed by atoms with E-state index in [9.17, 15) is 14.7 Å². The van der Waals surface area contributed by atoms with Crippen LogP contribution < -0.4 is 5.56 Å². The highest BCUT2D eigenvalue weighted by Crippen LogP contribution is 2.27. The second-order valence-corrected chi connectivity index (χ2v) is 5.29. The Balaban J connectivity index is 2.30. The van der Waals surface area contributed by atoms with Crippen LogP contribution >= 0.6 is 0 Å². The molecule has 25 heavy (non-hydrogen) atoms. The van der Waals surface area contributed by atoms with E-state index < -0.39 is 22.8 Å². The van der Waals surface area contributed by atoms with Crippen LogP contribution in [0, 0.1) is 0 Å². The molecule has 0 aliphatic heterocycles. The smallest absolute Gasteiger partial charge is 0.347 e. The van der Waals surface area contributed by atoms with Crippen LogP contribution in [0.2, 0.25) is 0 Å². The summed E-state index contributed by atoms with van der Waals surface area (Å²) in [5.41, 5.74) is 0.0243. The Morgan fingerprint density at radius 2 is 1.96 bits per heavy atom. The second kappa shape index (κ2) is 6.72. The van der Waals surface area contributed by atoms with Crippen LogP contribution in [0.5, 0.6) is 5.75 Å². The Labute approximate surface area is 143 Å². The average Bonchev–Trinajstić information content (AvgIpc) is 2.63. The van der Waals surface area contributed by atoms with Gasteiger partial charge < -0.3 is 9.84 Å². The van der Waals surface area contributed by atoms with Crippen LogP contribution in [-0.2, 0) is 11.3 Å². The minimum atomic E-state index is -0.860. The van der Waals surface area contributed by atoms with Crippen molar-refractivity contribution >= 4 is 17.0 Å². The molecule has 0 aliphatic rings. The Morgan fingerprint density at radius 1 is 1.24 bits per heavy atom. The molecule has 0 unspecified atom stereocenters. The lowest BCUT2D eigenvalue weighted by atomic mass is 10.1. The van der Waals surface area contributed by atoms with E-state index in [1.165, 1.54) is 10.8 Å². The first-order valence-electron chi connectivity index (χ1n) is 7.93. The van der Waals surface area contributed by atoms with Crippen LogP contribution in [0.1, 0.15) is 24.2 Å². The largest absolute Gasteiger partial charge is 0.506 e. The Morgan fingerprint density at radius 3 is 2.60 bits per heavy atom. The fourth-order valence-electron chi connectivity index (χ4n) is 2.62. The van der Waals surface area contributed by atoms with Crippen LogP contribution in [0.25, 0.3) is 22.4 Å². The van der Waals surface area contributed by atoms with E-state index in [0.717, 1.165) is 5.56 Å². The summed E-state index contributed by atoms with van der Waals surface area (Å²) in [5, 5.41) is 10.6. The number of carbonyl (C=O) groups is 1. The lowest BCUT2D eigenvalue weighted by Crippen LogP contribution is -2.28. The number of aromatic hydroxyl groups is 1. The van der Waals surface area contributed by atoms with Gasteiger partial charge in [-0.05, 0) is 13.8 Å². The minimum Gasteiger partial charge on any atom is -0.506 e. The molecule has 0 saturated heterocycles. The van der Waals surface area contributed by atoms with E-state index in [0.29, 0.717) is 5.82 Å². The summed E-state index contributed by atoms with van der Waals surface area (Å²) < 4.78 is 6.21. The summed E-state index contributed by atoms with van der Waals surface area (Å²) in [6, 6.07) is 9.29. The lowest BCUT2D eigenvalue weighted by molar-refractivity contribution is 0.0520. The standard InChI is InChI=1S/C18H17N3O4/c1-3-21-16-12(14(22)13(17(21)23)18(24)25-4-2)10-19-15(20-16)11-8-6-5-7-9-11/h5-10,22H,3-4H2,1-2H3. The number of carbonyl (C=O) groups excluding carboxylic acids is 1. The van der Waals surface area contributed by atoms with Crippen molar-refractivity contribution < 1.29 is 14.6 Å². The van der Waals surface area contributed by atoms with Crippen molar-refractivity contribution in [2.75, 3.05) is 6.61 Å². The van der Waals surface area contributed by atoms with Crippen molar-refractivity contribution in [2.24, 2.45) is 0 Å². The van der Waals surface area contributed by atoms with Gasteiger partial charge in [0, 0.05) is 18.3 Å². The maximum atomic E-state index is 12.6. The predicted molar refractivity (Wildman–Crippen MR) is 92.5 cm³/mol. The Kier molecular flexibility index (Phi) is 4.47. The molecule has 7 nitrogen and oxygen atoms in total. The van der Waals surface area contributed by atoms with Crippen LogP contribution in [0.15, 0.2) is 41.3 Å². The second-order valence-electron chi connectivity index (χ2n) is 5.29. The molecule has 3 rings (SSSR count).